The van der Waals surface area contributed by atoms with Crippen LogP contribution >= 0.6 is 0 Å². The van der Waals surface area contributed by atoms with Crippen LogP contribution in [-0.2, 0) is 9.53 Å². The van der Waals surface area contributed by atoms with Crippen molar-refractivity contribution < 1.29 is 9.53 Å². The predicted molar refractivity (Wildman–Crippen MR) is 119 cm³/mol. The normalized spacial score (nSPS) is 57.4. The Morgan fingerprint density at radius 1 is 1.03 bits per heavy atom. The Hall–Kier alpha value is -0.670. The molecule has 0 amide bonds. The summed E-state index contributed by atoms with van der Waals surface area (Å²) in [7, 11) is 0. The topological polar surface area (TPSA) is 38.3 Å². The zero-order chi connectivity index (χ0) is 20.9. The van der Waals surface area contributed by atoms with Gasteiger partial charge in [-0.05, 0) is 97.9 Å². The summed E-state index contributed by atoms with van der Waals surface area (Å²) in [5.41, 5.74) is 2.16. The lowest BCUT2D eigenvalue weighted by Crippen LogP contribution is -2.57. The standard InChI is InChI=1S/C27H41NO2/c1-16-7-12-27(28-15-16)17(2)24-23(30-27)14-22-20-6-5-18-13-19(29)8-10-25(18,3)21(20)9-11-26(22,24)4/h13,16-17,20-24,28H,5-12,14-15H2,1-4H3/t16?,17-,20+,21-,22-,23-,24-,25-,26-,27?/m0/s1. The fourth-order valence-electron chi connectivity index (χ4n) is 9.76. The summed E-state index contributed by atoms with van der Waals surface area (Å²) in [6.45, 7) is 11.1. The third kappa shape index (κ3) is 2.48. The lowest BCUT2D eigenvalue weighted by atomic mass is 9.46. The number of rotatable bonds is 0. The zero-order valence-electron chi connectivity index (χ0n) is 19.5. The van der Waals surface area contributed by atoms with Gasteiger partial charge in [-0.3, -0.25) is 10.1 Å². The summed E-state index contributed by atoms with van der Waals surface area (Å²) in [4.78, 5) is 12.1. The first-order chi connectivity index (χ1) is 14.3. The molecule has 1 N–H and O–H groups in total. The first-order valence-electron chi connectivity index (χ1n) is 12.9. The van der Waals surface area contributed by atoms with Gasteiger partial charge in [0, 0.05) is 18.9 Å². The molecule has 5 fully saturated rings. The Morgan fingerprint density at radius 3 is 2.63 bits per heavy atom. The number of ether oxygens (including phenoxy) is 1. The van der Waals surface area contributed by atoms with Crippen LogP contribution in [0.4, 0.5) is 0 Å². The number of fused-ring (bicyclic) bond motifs is 7. The van der Waals surface area contributed by atoms with E-state index in [0.717, 1.165) is 49.5 Å². The van der Waals surface area contributed by atoms with Gasteiger partial charge in [0.25, 0.3) is 0 Å². The molecule has 3 saturated carbocycles. The minimum Gasteiger partial charge on any atom is -0.357 e. The van der Waals surface area contributed by atoms with Crippen molar-refractivity contribution in [2.45, 2.75) is 97.3 Å². The van der Waals surface area contributed by atoms with Gasteiger partial charge in [-0.25, -0.2) is 0 Å². The number of piperidine rings is 1. The molecule has 3 nitrogen and oxygen atoms in total. The third-order valence-electron chi connectivity index (χ3n) is 11.4. The molecule has 0 aromatic heterocycles. The minimum atomic E-state index is -0.0507. The van der Waals surface area contributed by atoms with Gasteiger partial charge in [0.15, 0.2) is 5.78 Å². The molecule has 0 aromatic carbocycles. The maximum Gasteiger partial charge on any atom is 0.155 e. The van der Waals surface area contributed by atoms with Crippen LogP contribution in [0.5, 0.6) is 0 Å². The lowest BCUT2D eigenvalue weighted by molar-refractivity contribution is -0.120. The SMILES string of the molecule is CC1CCC2(NC1)O[C@H]1C[C@H]3[C@@H]4CCC5=CC(=O)CC[C@]5(C)[C@H]4CC[C@]3(C)[C@H]1[C@@H]2C. The van der Waals surface area contributed by atoms with Crippen molar-refractivity contribution in [3.05, 3.63) is 11.6 Å². The first kappa shape index (κ1) is 20.0. The van der Waals surface area contributed by atoms with Gasteiger partial charge in [-0.1, -0.05) is 33.3 Å². The van der Waals surface area contributed by atoms with Gasteiger partial charge in [-0.2, -0.15) is 0 Å². The summed E-state index contributed by atoms with van der Waals surface area (Å²) in [6, 6.07) is 0. The van der Waals surface area contributed by atoms with Gasteiger partial charge in [0.2, 0.25) is 0 Å². The number of nitrogens with one attached hydrogen (secondary N) is 1. The molecular weight excluding hydrogens is 370 g/mol. The van der Waals surface area contributed by atoms with Crippen LogP contribution in [0.2, 0.25) is 0 Å². The van der Waals surface area contributed by atoms with Crippen molar-refractivity contribution >= 4 is 5.78 Å². The Morgan fingerprint density at radius 2 is 1.87 bits per heavy atom. The highest BCUT2D eigenvalue weighted by Crippen LogP contribution is 2.70. The van der Waals surface area contributed by atoms with E-state index < -0.39 is 0 Å². The molecule has 1 spiro atoms. The molecule has 0 bridgehead atoms. The second-order valence-electron chi connectivity index (χ2n) is 12.6. The summed E-state index contributed by atoms with van der Waals surface area (Å²) < 4.78 is 6.99. The van der Waals surface area contributed by atoms with Crippen LogP contribution in [0.25, 0.3) is 0 Å². The quantitative estimate of drug-likeness (QED) is 0.572. The molecule has 6 rings (SSSR count). The molecule has 6 aliphatic rings. The number of carbonyl (C=O) groups excluding carboxylic acids is 1. The highest BCUT2D eigenvalue weighted by Gasteiger charge is 2.68. The molecule has 0 aromatic rings. The van der Waals surface area contributed by atoms with Crippen molar-refractivity contribution in [2.24, 2.45) is 46.3 Å². The van der Waals surface area contributed by atoms with Crippen molar-refractivity contribution in [2.75, 3.05) is 6.54 Å². The zero-order valence-corrected chi connectivity index (χ0v) is 19.5. The molecule has 3 heteroatoms. The highest BCUT2D eigenvalue weighted by molar-refractivity contribution is 5.91. The number of allylic oxidation sites excluding steroid dienone is 1. The van der Waals surface area contributed by atoms with Crippen LogP contribution in [0.3, 0.4) is 0 Å². The first-order valence-corrected chi connectivity index (χ1v) is 12.9. The second-order valence-corrected chi connectivity index (χ2v) is 12.6. The van der Waals surface area contributed by atoms with Crippen molar-refractivity contribution in [3.63, 3.8) is 0 Å². The fraction of sp³-hybridized carbons (Fsp3) is 0.889. The minimum absolute atomic E-state index is 0.0507. The maximum atomic E-state index is 12.1. The largest absolute Gasteiger partial charge is 0.357 e. The third-order valence-corrected chi connectivity index (χ3v) is 11.4. The van der Waals surface area contributed by atoms with E-state index in [1.807, 2.05) is 6.08 Å². The fourth-order valence-corrected chi connectivity index (χ4v) is 9.76. The van der Waals surface area contributed by atoms with Gasteiger partial charge in [-0.15, -0.1) is 0 Å². The predicted octanol–water partition coefficient (Wildman–Crippen LogP) is 5.50. The molecule has 0 radical (unpaired) electrons. The molecular formula is C27H41NO2. The molecule has 2 saturated heterocycles. The maximum absolute atomic E-state index is 12.1. The van der Waals surface area contributed by atoms with E-state index in [0.29, 0.717) is 29.1 Å². The van der Waals surface area contributed by atoms with Crippen LogP contribution < -0.4 is 5.32 Å². The Labute approximate surface area is 182 Å². The Bertz CT molecular complexity index is 780. The van der Waals surface area contributed by atoms with E-state index in [1.165, 1.54) is 44.1 Å². The monoisotopic (exact) mass is 411 g/mol. The number of carbonyl (C=O) groups is 1. The van der Waals surface area contributed by atoms with E-state index in [9.17, 15) is 4.79 Å². The van der Waals surface area contributed by atoms with Gasteiger partial charge >= 0.3 is 0 Å². The molecule has 10 atom stereocenters. The van der Waals surface area contributed by atoms with Crippen LogP contribution in [0.1, 0.15) is 85.5 Å². The van der Waals surface area contributed by atoms with Crippen molar-refractivity contribution in [3.8, 4) is 0 Å². The van der Waals surface area contributed by atoms with Gasteiger partial charge < -0.3 is 4.74 Å². The van der Waals surface area contributed by atoms with E-state index in [2.05, 4.69) is 33.0 Å². The second kappa shape index (κ2) is 6.44. The Kier molecular flexibility index (Phi) is 4.29. The summed E-state index contributed by atoms with van der Waals surface area (Å²) >= 11 is 0. The average molecular weight is 412 g/mol. The van der Waals surface area contributed by atoms with E-state index in [4.69, 9.17) is 4.74 Å². The van der Waals surface area contributed by atoms with E-state index in [-0.39, 0.29) is 11.1 Å². The summed E-state index contributed by atoms with van der Waals surface area (Å²) in [5, 5.41) is 3.88. The molecule has 166 valence electrons. The smallest absolute Gasteiger partial charge is 0.155 e. The average Bonchev–Trinajstić information content (AvgIpc) is 3.16. The summed E-state index contributed by atoms with van der Waals surface area (Å²) in [6.07, 6.45) is 13.3. The number of ketones is 1. The van der Waals surface area contributed by atoms with Crippen LogP contribution in [-0.4, -0.2) is 24.2 Å². The molecule has 4 aliphatic carbocycles. The summed E-state index contributed by atoms with van der Waals surface area (Å²) in [5.74, 6) is 4.89. The van der Waals surface area contributed by atoms with Crippen LogP contribution in [0.15, 0.2) is 11.6 Å². The highest BCUT2D eigenvalue weighted by atomic mass is 16.5. The van der Waals surface area contributed by atoms with E-state index >= 15 is 0 Å². The van der Waals surface area contributed by atoms with Crippen LogP contribution in [0, 0.1) is 46.3 Å². The number of hydrogen-bond acceptors (Lipinski definition) is 3. The van der Waals surface area contributed by atoms with E-state index in [1.54, 1.807) is 0 Å². The van der Waals surface area contributed by atoms with Crippen molar-refractivity contribution in [1.29, 1.82) is 0 Å². The molecule has 2 aliphatic heterocycles. The Balaban J connectivity index is 1.28. The van der Waals surface area contributed by atoms with Crippen molar-refractivity contribution in [1.82, 2.24) is 5.32 Å². The lowest BCUT2D eigenvalue weighted by Gasteiger charge is -2.58. The van der Waals surface area contributed by atoms with Gasteiger partial charge in [0.1, 0.15) is 5.72 Å². The molecule has 2 heterocycles. The molecule has 30 heavy (non-hydrogen) atoms. The number of hydrogen-bond donors (Lipinski definition) is 1. The van der Waals surface area contributed by atoms with Gasteiger partial charge in [0.05, 0.1) is 6.10 Å². The molecule has 2 unspecified atom stereocenters.